The molecule has 94 valence electrons. The number of hydrogen-bond donors (Lipinski definition) is 0. The molecule has 4 rings (SSSR count). The standard InChI is InChI=1S/C15H8N4S/c16-7-10-5-6-14-17-18-15(19(14)8-10)12-9-20-13-4-2-1-3-11(12)13/h1-6,8-9H. The zero-order valence-corrected chi connectivity index (χ0v) is 11.1. The van der Waals surface area contributed by atoms with Crippen LogP contribution in [-0.2, 0) is 0 Å². The van der Waals surface area contributed by atoms with Gasteiger partial charge >= 0.3 is 0 Å². The summed E-state index contributed by atoms with van der Waals surface area (Å²) in [7, 11) is 0. The molecule has 4 aromatic rings. The summed E-state index contributed by atoms with van der Waals surface area (Å²) in [5.41, 5.74) is 2.39. The van der Waals surface area contributed by atoms with Gasteiger partial charge in [-0.3, -0.25) is 4.40 Å². The Balaban J connectivity index is 2.05. The smallest absolute Gasteiger partial charge is 0.169 e. The van der Waals surface area contributed by atoms with E-state index in [1.54, 1.807) is 23.6 Å². The Bertz CT molecular complexity index is 974. The quantitative estimate of drug-likeness (QED) is 0.535. The lowest BCUT2D eigenvalue weighted by atomic mass is 10.1. The second-order valence-corrected chi connectivity index (χ2v) is 5.34. The largest absolute Gasteiger partial charge is 0.281 e. The SMILES string of the molecule is N#Cc1ccc2nnc(-c3csc4ccccc34)n2c1. The van der Waals surface area contributed by atoms with Crippen LogP contribution in [0.4, 0.5) is 0 Å². The average molecular weight is 276 g/mol. The van der Waals surface area contributed by atoms with Crippen LogP contribution in [0.2, 0.25) is 0 Å². The van der Waals surface area contributed by atoms with Gasteiger partial charge in [-0.2, -0.15) is 5.26 Å². The lowest BCUT2D eigenvalue weighted by Gasteiger charge is -1.99. The van der Waals surface area contributed by atoms with Gasteiger partial charge in [-0.25, -0.2) is 0 Å². The van der Waals surface area contributed by atoms with E-state index in [4.69, 9.17) is 5.26 Å². The van der Waals surface area contributed by atoms with Gasteiger partial charge in [0.15, 0.2) is 11.5 Å². The van der Waals surface area contributed by atoms with Crippen molar-refractivity contribution in [1.82, 2.24) is 14.6 Å². The van der Waals surface area contributed by atoms with Crippen LogP contribution in [0.1, 0.15) is 5.56 Å². The van der Waals surface area contributed by atoms with Crippen molar-refractivity contribution in [3.8, 4) is 17.5 Å². The number of aromatic nitrogens is 3. The summed E-state index contributed by atoms with van der Waals surface area (Å²) in [6, 6.07) is 13.9. The maximum absolute atomic E-state index is 9.03. The number of pyridine rings is 1. The van der Waals surface area contributed by atoms with E-state index in [1.165, 1.54) is 4.70 Å². The summed E-state index contributed by atoms with van der Waals surface area (Å²) in [5.74, 6) is 0.773. The number of thiophene rings is 1. The Hall–Kier alpha value is -2.71. The van der Waals surface area contributed by atoms with Crippen LogP contribution in [0.15, 0.2) is 48.0 Å². The molecule has 5 heteroatoms. The van der Waals surface area contributed by atoms with Gasteiger partial charge in [0.05, 0.1) is 5.56 Å². The van der Waals surface area contributed by atoms with Crippen molar-refractivity contribution in [1.29, 1.82) is 5.26 Å². The van der Waals surface area contributed by atoms with Gasteiger partial charge in [0.2, 0.25) is 0 Å². The monoisotopic (exact) mass is 276 g/mol. The first-order chi connectivity index (χ1) is 9.86. The number of nitrogens with zero attached hydrogens (tertiary/aromatic N) is 4. The zero-order valence-electron chi connectivity index (χ0n) is 10.3. The highest BCUT2D eigenvalue weighted by molar-refractivity contribution is 7.17. The molecule has 0 spiro atoms. The third-order valence-corrected chi connectivity index (χ3v) is 4.22. The second kappa shape index (κ2) is 4.15. The number of benzene rings is 1. The predicted molar refractivity (Wildman–Crippen MR) is 78.5 cm³/mol. The maximum atomic E-state index is 9.03. The first-order valence-electron chi connectivity index (χ1n) is 6.08. The molecule has 0 bridgehead atoms. The van der Waals surface area contributed by atoms with Crippen LogP contribution in [0, 0.1) is 11.3 Å². The number of fused-ring (bicyclic) bond motifs is 2. The van der Waals surface area contributed by atoms with Crippen LogP contribution in [0.5, 0.6) is 0 Å². The minimum Gasteiger partial charge on any atom is -0.281 e. The topological polar surface area (TPSA) is 54.0 Å². The fourth-order valence-electron chi connectivity index (χ4n) is 2.29. The van der Waals surface area contributed by atoms with Crippen LogP contribution >= 0.6 is 11.3 Å². The fourth-order valence-corrected chi connectivity index (χ4v) is 3.23. The van der Waals surface area contributed by atoms with E-state index >= 15 is 0 Å². The van der Waals surface area contributed by atoms with Crippen molar-refractivity contribution in [3.63, 3.8) is 0 Å². The van der Waals surface area contributed by atoms with Crippen LogP contribution in [0.3, 0.4) is 0 Å². The van der Waals surface area contributed by atoms with Crippen molar-refractivity contribution in [2.24, 2.45) is 0 Å². The van der Waals surface area contributed by atoms with Gasteiger partial charge in [-0.05, 0) is 18.2 Å². The van der Waals surface area contributed by atoms with Crippen molar-refractivity contribution in [3.05, 3.63) is 53.5 Å². The van der Waals surface area contributed by atoms with Gasteiger partial charge in [0.25, 0.3) is 0 Å². The highest BCUT2D eigenvalue weighted by atomic mass is 32.1. The van der Waals surface area contributed by atoms with Gasteiger partial charge in [-0.15, -0.1) is 21.5 Å². The van der Waals surface area contributed by atoms with Crippen LogP contribution in [-0.4, -0.2) is 14.6 Å². The number of hydrogen-bond acceptors (Lipinski definition) is 4. The zero-order chi connectivity index (χ0) is 13.5. The average Bonchev–Trinajstić information content (AvgIpc) is 3.09. The lowest BCUT2D eigenvalue weighted by molar-refractivity contribution is 1.11. The molecule has 0 fully saturated rings. The lowest BCUT2D eigenvalue weighted by Crippen LogP contribution is -1.90. The fraction of sp³-hybridized carbons (Fsp3) is 0. The van der Waals surface area contributed by atoms with Gasteiger partial charge in [-0.1, -0.05) is 18.2 Å². The van der Waals surface area contributed by atoms with Crippen molar-refractivity contribution < 1.29 is 0 Å². The molecule has 0 aliphatic heterocycles. The van der Waals surface area contributed by atoms with Crippen molar-refractivity contribution in [2.45, 2.75) is 0 Å². The van der Waals surface area contributed by atoms with Gasteiger partial charge in [0, 0.05) is 27.2 Å². The Morgan fingerprint density at radius 2 is 2.00 bits per heavy atom. The number of rotatable bonds is 1. The first-order valence-corrected chi connectivity index (χ1v) is 6.96. The Morgan fingerprint density at radius 1 is 1.10 bits per heavy atom. The normalized spacial score (nSPS) is 10.9. The molecular weight excluding hydrogens is 268 g/mol. The molecule has 0 saturated carbocycles. The molecule has 0 amide bonds. The molecule has 0 aliphatic rings. The summed E-state index contributed by atoms with van der Waals surface area (Å²) < 4.78 is 3.09. The molecule has 0 unspecified atom stereocenters. The second-order valence-electron chi connectivity index (χ2n) is 4.43. The molecular formula is C15H8N4S. The summed E-state index contributed by atoms with van der Waals surface area (Å²) in [6.45, 7) is 0. The third kappa shape index (κ3) is 1.52. The molecule has 0 aliphatic carbocycles. The Labute approximate surface area is 118 Å². The van der Waals surface area contributed by atoms with E-state index in [2.05, 4.69) is 33.8 Å². The summed E-state index contributed by atoms with van der Waals surface area (Å²) in [6.07, 6.45) is 1.77. The van der Waals surface area contributed by atoms with E-state index in [9.17, 15) is 0 Å². The molecule has 0 radical (unpaired) electrons. The summed E-state index contributed by atoms with van der Waals surface area (Å²) >= 11 is 1.68. The maximum Gasteiger partial charge on any atom is 0.169 e. The van der Waals surface area contributed by atoms with Gasteiger partial charge in [0.1, 0.15) is 6.07 Å². The molecule has 0 N–H and O–H groups in total. The number of nitriles is 1. The van der Waals surface area contributed by atoms with Gasteiger partial charge < -0.3 is 0 Å². The Morgan fingerprint density at radius 3 is 2.90 bits per heavy atom. The Kier molecular flexibility index (Phi) is 2.31. The third-order valence-electron chi connectivity index (χ3n) is 3.25. The molecule has 1 aromatic carbocycles. The van der Waals surface area contributed by atoms with Crippen LogP contribution < -0.4 is 0 Å². The molecule has 0 saturated heterocycles. The summed E-state index contributed by atoms with van der Waals surface area (Å²) in [5, 5.41) is 20.7. The van der Waals surface area contributed by atoms with E-state index < -0.39 is 0 Å². The molecule has 0 atom stereocenters. The molecule has 3 aromatic heterocycles. The van der Waals surface area contributed by atoms with E-state index in [0.717, 1.165) is 22.4 Å². The minimum atomic E-state index is 0.595. The first kappa shape index (κ1) is 11.1. The van der Waals surface area contributed by atoms with Crippen molar-refractivity contribution >= 4 is 27.1 Å². The highest BCUT2D eigenvalue weighted by Gasteiger charge is 2.12. The molecule has 3 heterocycles. The molecule has 20 heavy (non-hydrogen) atoms. The highest BCUT2D eigenvalue weighted by Crippen LogP contribution is 2.32. The summed E-state index contributed by atoms with van der Waals surface area (Å²) in [4.78, 5) is 0. The van der Waals surface area contributed by atoms with Crippen LogP contribution in [0.25, 0.3) is 27.1 Å². The van der Waals surface area contributed by atoms with E-state index in [0.29, 0.717) is 5.56 Å². The van der Waals surface area contributed by atoms with E-state index in [1.807, 2.05) is 22.6 Å². The van der Waals surface area contributed by atoms with E-state index in [-0.39, 0.29) is 0 Å². The predicted octanol–water partition coefficient (Wildman–Crippen LogP) is 3.48. The minimum absolute atomic E-state index is 0.595. The van der Waals surface area contributed by atoms with Crippen molar-refractivity contribution in [2.75, 3.05) is 0 Å². The molecule has 4 nitrogen and oxygen atoms in total.